The molecular formula is C14H18ClF3N4O. The van der Waals surface area contributed by atoms with Crippen molar-refractivity contribution in [2.24, 2.45) is 11.7 Å². The van der Waals surface area contributed by atoms with Crippen molar-refractivity contribution < 1.29 is 18.0 Å². The molecule has 4 N–H and O–H groups in total. The van der Waals surface area contributed by atoms with Crippen LogP contribution in [0.2, 0.25) is 0 Å². The van der Waals surface area contributed by atoms with Crippen LogP contribution in [0.3, 0.4) is 0 Å². The minimum absolute atomic E-state index is 0. The van der Waals surface area contributed by atoms with Crippen LogP contribution in [0.15, 0.2) is 18.2 Å². The van der Waals surface area contributed by atoms with E-state index in [0.29, 0.717) is 5.52 Å². The van der Waals surface area contributed by atoms with Gasteiger partial charge in [0, 0.05) is 0 Å². The zero-order valence-electron chi connectivity index (χ0n) is 12.6. The van der Waals surface area contributed by atoms with Gasteiger partial charge in [0.05, 0.1) is 22.6 Å². The van der Waals surface area contributed by atoms with Crippen molar-refractivity contribution in [3.05, 3.63) is 23.8 Å². The molecule has 23 heavy (non-hydrogen) atoms. The Kier molecular flexibility index (Phi) is 6.01. The Morgan fingerprint density at radius 3 is 2.65 bits per heavy atom. The van der Waals surface area contributed by atoms with Crippen LogP contribution < -0.4 is 11.1 Å². The molecule has 0 saturated heterocycles. The van der Waals surface area contributed by atoms with Crippen molar-refractivity contribution in [3.63, 3.8) is 0 Å². The topological polar surface area (TPSA) is 83.8 Å². The highest BCUT2D eigenvalue weighted by atomic mass is 35.5. The molecule has 5 nitrogen and oxygen atoms in total. The van der Waals surface area contributed by atoms with Crippen LogP contribution in [0.25, 0.3) is 11.0 Å². The van der Waals surface area contributed by atoms with Crippen molar-refractivity contribution in [2.45, 2.75) is 32.5 Å². The molecule has 1 heterocycles. The summed E-state index contributed by atoms with van der Waals surface area (Å²) < 4.78 is 37.9. The van der Waals surface area contributed by atoms with Crippen molar-refractivity contribution in [3.8, 4) is 0 Å². The van der Waals surface area contributed by atoms with Gasteiger partial charge in [-0.3, -0.25) is 10.1 Å². The number of benzene rings is 1. The third-order valence-electron chi connectivity index (χ3n) is 3.61. The second-order valence-corrected chi connectivity index (χ2v) is 5.22. The van der Waals surface area contributed by atoms with Crippen LogP contribution in [0.1, 0.15) is 25.8 Å². The number of carbonyl (C=O) groups excluding carboxylic acids is 1. The third kappa shape index (κ3) is 4.35. The summed E-state index contributed by atoms with van der Waals surface area (Å²) in [7, 11) is 0. The van der Waals surface area contributed by atoms with Gasteiger partial charge in [0.1, 0.15) is 0 Å². The van der Waals surface area contributed by atoms with Gasteiger partial charge in [-0.15, -0.1) is 12.4 Å². The molecule has 0 radical (unpaired) electrons. The van der Waals surface area contributed by atoms with E-state index in [-0.39, 0.29) is 29.8 Å². The van der Waals surface area contributed by atoms with E-state index < -0.39 is 23.7 Å². The van der Waals surface area contributed by atoms with Crippen LogP contribution in [0.4, 0.5) is 19.1 Å². The second kappa shape index (κ2) is 7.18. The van der Waals surface area contributed by atoms with Gasteiger partial charge in [0.25, 0.3) is 0 Å². The summed E-state index contributed by atoms with van der Waals surface area (Å²) in [6, 6.07) is 2.44. The zero-order valence-corrected chi connectivity index (χ0v) is 13.4. The summed E-state index contributed by atoms with van der Waals surface area (Å²) in [4.78, 5) is 18.6. The molecule has 1 amide bonds. The number of hydrogen-bond acceptors (Lipinski definition) is 3. The predicted molar refractivity (Wildman–Crippen MR) is 84.4 cm³/mol. The summed E-state index contributed by atoms with van der Waals surface area (Å²) in [6.45, 7) is 3.76. The second-order valence-electron chi connectivity index (χ2n) is 5.22. The number of nitrogens with zero attached hydrogens (tertiary/aromatic N) is 1. The molecular weight excluding hydrogens is 333 g/mol. The molecule has 0 aliphatic carbocycles. The van der Waals surface area contributed by atoms with Gasteiger partial charge in [-0.2, -0.15) is 13.2 Å². The standard InChI is InChI=1S/C14H17F3N4O.ClH/c1-3-7(2)11(18)12(22)21-13-19-9-5-4-8(14(15,16)17)6-10(9)20-13;/h4-7,11H,3,18H2,1-2H3,(H2,19,20,21,22);1H. The molecule has 2 atom stereocenters. The van der Waals surface area contributed by atoms with E-state index in [0.717, 1.165) is 18.6 Å². The number of H-pyrrole nitrogens is 1. The summed E-state index contributed by atoms with van der Waals surface area (Å²) in [5.41, 5.74) is 5.54. The lowest BCUT2D eigenvalue weighted by atomic mass is 10.00. The fourth-order valence-corrected chi connectivity index (χ4v) is 1.96. The van der Waals surface area contributed by atoms with Gasteiger partial charge in [-0.1, -0.05) is 20.3 Å². The van der Waals surface area contributed by atoms with Crippen molar-refractivity contribution >= 4 is 35.3 Å². The molecule has 2 aromatic rings. The SMILES string of the molecule is CCC(C)C(N)C(=O)Nc1nc2ccc(C(F)(F)F)cc2[nH]1.Cl. The predicted octanol–water partition coefficient (Wildman–Crippen LogP) is 3.32. The van der Waals surface area contributed by atoms with Crippen molar-refractivity contribution in [2.75, 3.05) is 5.32 Å². The van der Waals surface area contributed by atoms with Crippen molar-refractivity contribution in [1.29, 1.82) is 0 Å². The van der Waals surface area contributed by atoms with Gasteiger partial charge in [-0.05, 0) is 24.1 Å². The summed E-state index contributed by atoms with van der Waals surface area (Å²) in [5.74, 6) is -0.358. The molecule has 0 spiro atoms. The molecule has 1 aromatic carbocycles. The summed E-state index contributed by atoms with van der Waals surface area (Å²) >= 11 is 0. The highest BCUT2D eigenvalue weighted by Crippen LogP contribution is 2.31. The number of rotatable bonds is 4. The van der Waals surface area contributed by atoms with E-state index in [2.05, 4.69) is 15.3 Å². The lowest BCUT2D eigenvalue weighted by molar-refractivity contribution is -0.137. The Morgan fingerprint density at radius 2 is 2.09 bits per heavy atom. The van der Waals surface area contributed by atoms with Crippen molar-refractivity contribution in [1.82, 2.24) is 9.97 Å². The number of aromatic amines is 1. The van der Waals surface area contributed by atoms with Crippen LogP contribution in [0.5, 0.6) is 0 Å². The number of imidazole rings is 1. The largest absolute Gasteiger partial charge is 0.416 e. The first-order valence-electron chi connectivity index (χ1n) is 6.85. The fraction of sp³-hybridized carbons (Fsp3) is 0.429. The molecule has 9 heteroatoms. The lowest BCUT2D eigenvalue weighted by Crippen LogP contribution is -2.40. The van der Waals surface area contributed by atoms with E-state index in [1.807, 2.05) is 13.8 Å². The van der Waals surface area contributed by atoms with Gasteiger partial charge in [0.15, 0.2) is 0 Å². The molecule has 2 unspecified atom stereocenters. The first-order valence-corrected chi connectivity index (χ1v) is 6.85. The Morgan fingerprint density at radius 1 is 1.43 bits per heavy atom. The number of anilines is 1. The third-order valence-corrected chi connectivity index (χ3v) is 3.61. The zero-order chi connectivity index (χ0) is 16.5. The number of nitrogens with two attached hydrogens (primary N) is 1. The average Bonchev–Trinajstić information content (AvgIpc) is 2.85. The lowest BCUT2D eigenvalue weighted by Gasteiger charge is -2.16. The molecule has 0 aliphatic rings. The summed E-state index contributed by atoms with van der Waals surface area (Å²) in [6.07, 6.45) is -3.69. The molecule has 0 bridgehead atoms. The molecule has 2 rings (SSSR count). The highest BCUT2D eigenvalue weighted by molar-refractivity contribution is 5.94. The monoisotopic (exact) mass is 350 g/mol. The molecule has 128 valence electrons. The maximum atomic E-state index is 12.6. The fourth-order valence-electron chi connectivity index (χ4n) is 1.96. The average molecular weight is 351 g/mol. The highest BCUT2D eigenvalue weighted by Gasteiger charge is 2.30. The quantitative estimate of drug-likeness (QED) is 0.791. The smallest absolute Gasteiger partial charge is 0.324 e. The van der Waals surface area contributed by atoms with E-state index in [4.69, 9.17) is 5.73 Å². The number of carbonyl (C=O) groups is 1. The first kappa shape index (κ1) is 19.2. The van der Waals surface area contributed by atoms with E-state index >= 15 is 0 Å². The van der Waals surface area contributed by atoms with Crippen LogP contribution in [-0.4, -0.2) is 21.9 Å². The number of alkyl halides is 3. The first-order chi connectivity index (χ1) is 10.2. The molecule has 1 aromatic heterocycles. The molecule has 0 fully saturated rings. The maximum absolute atomic E-state index is 12.6. The van der Waals surface area contributed by atoms with Gasteiger partial charge in [0.2, 0.25) is 11.9 Å². The van der Waals surface area contributed by atoms with E-state index in [1.54, 1.807) is 0 Å². The van der Waals surface area contributed by atoms with E-state index in [9.17, 15) is 18.0 Å². The molecule has 0 aliphatic heterocycles. The van der Waals surface area contributed by atoms with Gasteiger partial charge in [-0.25, -0.2) is 4.98 Å². The minimum atomic E-state index is -4.43. The minimum Gasteiger partial charge on any atom is -0.324 e. The Bertz CT molecular complexity index is 686. The van der Waals surface area contributed by atoms with Gasteiger partial charge < -0.3 is 10.7 Å². The number of nitrogens with one attached hydrogen (secondary N) is 2. The Hall–Kier alpha value is -1.80. The van der Waals surface area contributed by atoms with Gasteiger partial charge >= 0.3 is 6.18 Å². The number of halogens is 4. The maximum Gasteiger partial charge on any atom is 0.416 e. The van der Waals surface area contributed by atoms with Crippen LogP contribution in [0, 0.1) is 5.92 Å². The Balaban J connectivity index is 0.00000264. The Labute approximate surface area is 137 Å². The van der Waals surface area contributed by atoms with E-state index in [1.165, 1.54) is 6.07 Å². The van der Waals surface area contributed by atoms with Crippen LogP contribution >= 0.6 is 12.4 Å². The number of aromatic nitrogens is 2. The molecule has 0 saturated carbocycles. The number of amides is 1. The number of fused-ring (bicyclic) bond motifs is 1. The summed E-state index contributed by atoms with van der Waals surface area (Å²) in [5, 5.41) is 2.49. The number of hydrogen-bond donors (Lipinski definition) is 3. The van der Waals surface area contributed by atoms with Crippen LogP contribution in [-0.2, 0) is 11.0 Å². The normalized spacial score (nSPS) is 14.2.